The van der Waals surface area contributed by atoms with E-state index >= 15 is 0 Å². The molecule has 0 saturated carbocycles. The molecule has 5 nitrogen and oxygen atoms in total. The first-order chi connectivity index (χ1) is 9.26. The number of para-hydroxylation sites is 1. The number of hydrogen-bond acceptors (Lipinski definition) is 4. The van der Waals surface area contributed by atoms with Crippen LogP contribution in [-0.2, 0) is 13.5 Å². The summed E-state index contributed by atoms with van der Waals surface area (Å²) in [6.45, 7) is 0.694. The van der Waals surface area contributed by atoms with Gasteiger partial charge in [-0.15, -0.1) is 0 Å². The first kappa shape index (κ1) is 13.0. The third-order valence-electron chi connectivity index (χ3n) is 2.94. The molecule has 2 rings (SSSR count). The second-order valence-corrected chi connectivity index (χ2v) is 4.13. The molecule has 0 aliphatic rings. The molecule has 1 N–H and O–H groups in total. The number of nitrogens with zero attached hydrogens (tertiary/aromatic N) is 3. The van der Waals surface area contributed by atoms with E-state index < -0.39 is 0 Å². The number of aryl methyl sites for hydroxylation is 1. The van der Waals surface area contributed by atoms with Gasteiger partial charge in [-0.3, -0.25) is 0 Å². The summed E-state index contributed by atoms with van der Waals surface area (Å²) in [5.41, 5.74) is 1.32. The van der Waals surface area contributed by atoms with E-state index in [4.69, 9.17) is 10.00 Å². The highest BCUT2D eigenvalue weighted by molar-refractivity contribution is 5.66. The first-order valence-corrected chi connectivity index (χ1v) is 6.03. The molecular formula is C14H16N4O. The minimum atomic E-state index is 0.583. The van der Waals surface area contributed by atoms with Crippen molar-refractivity contribution < 1.29 is 4.74 Å². The Kier molecular flexibility index (Phi) is 4.04. The lowest BCUT2D eigenvalue weighted by Crippen LogP contribution is -2.10. The SMILES string of the molecule is COc1cccc(C#N)c1NCCc1nccn1C. The third-order valence-corrected chi connectivity index (χ3v) is 2.94. The Morgan fingerprint density at radius 3 is 2.95 bits per heavy atom. The number of nitrogens with one attached hydrogen (secondary N) is 1. The number of ether oxygens (including phenoxy) is 1. The molecule has 0 aliphatic carbocycles. The summed E-state index contributed by atoms with van der Waals surface area (Å²) in [6.07, 6.45) is 4.48. The molecule has 0 atom stereocenters. The zero-order valence-electron chi connectivity index (χ0n) is 11.1. The molecule has 2 aromatic rings. The average molecular weight is 256 g/mol. The van der Waals surface area contributed by atoms with E-state index in [9.17, 15) is 0 Å². The molecule has 0 bridgehead atoms. The molecule has 1 aromatic carbocycles. The minimum absolute atomic E-state index is 0.583. The van der Waals surface area contributed by atoms with Crippen molar-refractivity contribution in [2.75, 3.05) is 19.0 Å². The van der Waals surface area contributed by atoms with Crippen LogP contribution in [0.15, 0.2) is 30.6 Å². The predicted molar refractivity (Wildman–Crippen MR) is 73.1 cm³/mol. The van der Waals surface area contributed by atoms with Crippen LogP contribution in [0.25, 0.3) is 0 Å². The van der Waals surface area contributed by atoms with Crippen LogP contribution >= 0.6 is 0 Å². The standard InChI is InChI=1S/C14H16N4O/c1-18-9-8-16-13(18)6-7-17-14-11(10-15)4-3-5-12(14)19-2/h3-5,8-9,17H,6-7H2,1-2H3. The second kappa shape index (κ2) is 5.91. The van der Waals surface area contributed by atoms with Gasteiger partial charge in [0.15, 0.2) is 0 Å². The fourth-order valence-electron chi connectivity index (χ4n) is 1.91. The van der Waals surface area contributed by atoms with Gasteiger partial charge < -0.3 is 14.6 Å². The van der Waals surface area contributed by atoms with Crippen LogP contribution in [0.5, 0.6) is 5.75 Å². The van der Waals surface area contributed by atoms with E-state index in [1.54, 1.807) is 25.4 Å². The van der Waals surface area contributed by atoms with Gasteiger partial charge in [0.2, 0.25) is 0 Å². The summed E-state index contributed by atoms with van der Waals surface area (Å²) in [5.74, 6) is 1.68. The van der Waals surface area contributed by atoms with Crippen LogP contribution in [0.1, 0.15) is 11.4 Å². The summed E-state index contributed by atoms with van der Waals surface area (Å²) in [5, 5.41) is 12.4. The van der Waals surface area contributed by atoms with E-state index in [1.165, 1.54) is 0 Å². The van der Waals surface area contributed by atoms with Crippen molar-refractivity contribution in [1.82, 2.24) is 9.55 Å². The quantitative estimate of drug-likeness (QED) is 0.888. The van der Waals surface area contributed by atoms with Crippen LogP contribution in [-0.4, -0.2) is 23.2 Å². The number of anilines is 1. The summed E-state index contributed by atoms with van der Waals surface area (Å²) >= 11 is 0. The summed E-state index contributed by atoms with van der Waals surface area (Å²) < 4.78 is 7.25. The van der Waals surface area contributed by atoms with Crippen LogP contribution in [0.4, 0.5) is 5.69 Å². The smallest absolute Gasteiger partial charge is 0.143 e. The Hall–Kier alpha value is -2.48. The van der Waals surface area contributed by atoms with E-state index in [0.717, 1.165) is 17.9 Å². The molecule has 98 valence electrons. The fourth-order valence-corrected chi connectivity index (χ4v) is 1.91. The molecular weight excluding hydrogens is 240 g/mol. The molecule has 1 aromatic heterocycles. The monoisotopic (exact) mass is 256 g/mol. The number of hydrogen-bond donors (Lipinski definition) is 1. The number of nitriles is 1. The van der Waals surface area contributed by atoms with Crippen molar-refractivity contribution in [3.63, 3.8) is 0 Å². The highest BCUT2D eigenvalue weighted by Crippen LogP contribution is 2.27. The van der Waals surface area contributed by atoms with Gasteiger partial charge in [-0.1, -0.05) is 6.07 Å². The van der Waals surface area contributed by atoms with Gasteiger partial charge in [0, 0.05) is 32.4 Å². The van der Waals surface area contributed by atoms with Gasteiger partial charge in [-0.2, -0.15) is 5.26 Å². The van der Waals surface area contributed by atoms with Crippen LogP contribution in [0.3, 0.4) is 0 Å². The van der Waals surface area contributed by atoms with Gasteiger partial charge in [-0.05, 0) is 12.1 Å². The average Bonchev–Trinajstić information content (AvgIpc) is 2.84. The highest BCUT2D eigenvalue weighted by atomic mass is 16.5. The Balaban J connectivity index is 2.07. The van der Waals surface area contributed by atoms with Crippen molar-refractivity contribution in [3.05, 3.63) is 42.0 Å². The van der Waals surface area contributed by atoms with Crippen molar-refractivity contribution in [3.8, 4) is 11.8 Å². The van der Waals surface area contributed by atoms with E-state index in [1.807, 2.05) is 23.9 Å². The van der Waals surface area contributed by atoms with Gasteiger partial charge in [0.25, 0.3) is 0 Å². The Morgan fingerprint density at radius 2 is 2.32 bits per heavy atom. The molecule has 0 spiro atoms. The molecule has 1 heterocycles. The van der Waals surface area contributed by atoms with Crippen molar-refractivity contribution in [2.24, 2.45) is 7.05 Å². The normalized spacial score (nSPS) is 9.95. The minimum Gasteiger partial charge on any atom is -0.495 e. The van der Waals surface area contributed by atoms with Gasteiger partial charge in [-0.25, -0.2) is 4.98 Å². The Labute approximate surface area is 112 Å². The maximum Gasteiger partial charge on any atom is 0.143 e. The summed E-state index contributed by atoms with van der Waals surface area (Å²) in [7, 11) is 3.56. The Morgan fingerprint density at radius 1 is 1.47 bits per heavy atom. The summed E-state index contributed by atoms with van der Waals surface area (Å²) in [4.78, 5) is 4.26. The topological polar surface area (TPSA) is 62.9 Å². The number of rotatable bonds is 5. The van der Waals surface area contributed by atoms with E-state index in [2.05, 4.69) is 16.4 Å². The van der Waals surface area contributed by atoms with Crippen LogP contribution < -0.4 is 10.1 Å². The van der Waals surface area contributed by atoms with Crippen LogP contribution in [0, 0.1) is 11.3 Å². The van der Waals surface area contributed by atoms with Crippen molar-refractivity contribution >= 4 is 5.69 Å². The molecule has 0 fully saturated rings. The zero-order valence-corrected chi connectivity index (χ0v) is 11.1. The molecule has 0 unspecified atom stereocenters. The van der Waals surface area contributed by atoms with Gasteiger partial charge >= 0.3 is 0 Å². The van der Waals surface area contributed by atoms with Gasteiger partial charge in [0.1, 0.15) is 17.6 Å². The molecule has 0 aliphatic heterocycles. The lowest BCUT2D eigenvalue weighted by molar-refractivity contribution is 0.416. The number of benzene rings is 1. The third kappa shape index (κ3) is 2.86. The molecule has 0 radical (unpaired) electrons. The van der Waals surface area contributed by atoms with Crippen molar-refractivity contribution in [2.45, 2.75) is 6.42 Å². The van der Waals surface area contributed by atoms with Crippen LogP contribution in [0.2, 0.25) is 0 Å². The largest absolute Gasteiger partial charge is 0.495 e. The zero-order chi connectivity index (χ0) is 13.7. The number of imidazole rings is 1. The second-order valence-electron chi connectivity index (χ2n) is 4.13. The molecule has 5 heteroatoms. The summed E-state index contributed by atoms with van der Waals surface area (Å²) in [6, 6.07) is 7.58. The number of aromatic nitrogens is 2. The lowest BCUT2D eigenvalue weighted by Gasteiger charge is -2.12. The van der Waals surface area contributed by atoms with E-state index in [0.29, 0.717) is 17.9 Å². The predicted octanol–water partition coefficient (Wildman–Crippen LogP) is 1.95. The lowest BCUT2D eigenvalue weighted by atomic mass is 10.1. The first-order valence-electron chi connectivity index (χ1n) is 6.03. The Bertz CT molecular complexity index is 598. The molecule has 0 amide bonds. The molecule has 19 heavy (non-hydrogen) atoms. The fraction of sp³-hybridized carbons (Fsp3) is 0.286. The van der Waals surface area contributed by atoms with Crippen molar-refractivity contribution in [1.29, 1.82) is 5.26 Å². The maximum absolute atomic E-state index is 9.10. The molecule has 0 saturated heterocycles. The maximum atomic E-state index is 9.10. The number of methoxy groups -OCH3 is 1. The highest BCUT2D eigenvalue weighted by Gasteiger charge is 2.08. The van der Waals surface area contributed by atoms with Gasteiger partial charge in [0.05, 0.1) is 18.4 Å². The van der Waals surface area contributed by atoms with E-state index in [-0.39, 0.29) is 0 Å².